The van der Waals surface area contributed by atoms with Gasteiger partial charge in [0.2, 0.25) is 5.78 Å². The third kappa shape index (κ3) is 3.99. The number of fused-ring (bicyclic) bond motifs is 1. The van der Waals surface area contributed by atoms with E-state index in [9.17, 15) is 19.2 Å². The van der Waals surface area contributed by atoms with Crippen LogP contribution in [0.5, 0.6) is 0 Å². The van der Waals surface area contributed by atoms with Gasteiger partial charge in [-0.2, -0.15) is 0 Å². The molecule has 0 atom stereocenters. The van der Waals surface area contributed by atoms with Crippen LogP contribution >= 0.6 is 15.9 Å². The summed E-state index contributed by atoms with van der Waals surface area (Å²) in [4.78, 5) is 51.2. The summed E-state index contributed by atoms with van der Waals surface area (Å²) in [5.74, 6) is -1.80. The van der Waals surface area contributed by atoms with Crippen LogP contribution in [-0.2, 0) is 4.74 Å². The van der Waals surface area contributed by atoms with Crippen molar-refractivity contribution in [2.75, 3.05) is 11.5 Å². The number of anilines is 1. The highest BCUT2D eigenvalue weighted by molar-refractivity contribution is 9.10. The molecular weight excluding hydrogens is 474 g/mol. The third-order valence-electron chi connectivity index (χ3n) is 5.24. The number of ketones is 1. The lowest BCUT2D eigenvalue weighted by atomic mass is 10.0. The molecule has 0 radical (unpaired) electrons. The molecule has 0 fully saturated rings. The number of Topliss-reactive ketones (excluding diaryl/α,β-unsaturated/α-hetero) is 1. The van der Waals surface area contributed by atoms with Crippen LogP contribution in [0.4, 0.5) is 5.69 Å². The minimum Gasteiger partial charge on any atom is -0.454 e. The maximum atomic E-state index is 12.7. The molecule has 0 saturated heterocycles. The normalized spacial score (nSPS) is 12.7. The van der Waals surface area contributed by atoms with Crippen LogP contribution in [0.15, 0.2) is 65.1 Å². The smallest absolute Gasteiger partial charge is 0.338 e. The number of ether oxygens (including phenoxy) is 1. The molecule has 1 aliphatic heterocycles. The lowest BCUT2D eigenvalue weighted by molar-refractivity contribution is 0.0474. The van der Waals surface area contributed by atoms with E-state index in [-0.39, 0.29) is 18.0 Å². The maximum absolute atomic E-state index is 12.7. The first-order valence-electron chi connectivity index (χ1n) is 9.82. The zero-order valence-corrected chi connectivity index (χ0v) is 18.9. The first-order valence-corrected chi connectivity index (χ1v) is 10.6. The number of rotatable bonds is 5. The van der Waals surface area contributed by atoms with Gasteiger partial charge in [0.1, 0.15) is 0 Å². The van der Waals surface area contributed by atoms with E-state index in [0.29, 0.717) is 26.9 Å². The van der Waals surface area contributed by atoms with Crippen LogP contribution in [0.1, 0.15) is 52.6 Å². The molecule has 160 valence electrons. The van der Waals surface area contributed by atoms with Gasteiger partial charge in [0, 0.05) is 10.0 Å². The quantitative estimate of drug-likeness (QED) is 0.287. The van der Waals surface area contributed by atoms with E-state index in [4.69, 9.17) is 4.74 Å². The Morgan fingerprint density at radius 1 is 0.875 bits per heavy atom. The Morgan fingerprint density at radius 2 is 1.56 bits per heavy atom. The van der Waals surface area contributed by atoms with Gasteiger partial charge < -0.3 is 4.74 Å². The number of hydrogen-bond acceptors (Lipinski definition) is 5. The van der Waals surface area contributed by atoms with Crippen molar-refractivity contribution >= 4 is 45.2 Å². The molecule has 32 heavy (non-hydrogen) atoms. The first kappa shape index (κ1) is 21.6. The Kier molecular flexibility index (Phi) is 5.76. The summed E-state index contributed by atoms with van der Waals surface area (Å²) in [7, 11) is 0. The monoisotopic (exact) mass is 491 g/mol. The third-order valence-corrected chi connectivity index (χ3v) is 5.73. The number of esters is 1. The number of nitrogens with zero attached hydrogens (tertiary/aromatic N) is 1. The van der Waals surface area contributed by atoms with Gasteiger partial charge in [-0.25, -0.2) is 9.69 Å². The number of imide groups is 1. The van der Waals surface area contributed by atoms with Crippen molar-refractivity contribution in [1.82, 2.24) is 0 Å². The van der Waals surface area contributed by atoms with Gasteiger partial charge in [0.25, 0.3) is 11.8 Å². The Morgan fingerprint density at radius 3 is 2.28 bits per heavy atom. The lowest BCUT2D eigenvalue weighted by Gasteiger charge is -2.14. The van der Waals surface area contributed by atoms with E-state index < -0.39 is 17.8 Å². The summed E-state index contributed by atoms with van der Waals surface area (Å²) < 4.78 is 5.87. The number of benzene rings is 3. The van der Waals surface area contributed by atoms with E-state index in [2.05, 4.69) is 15.9 Å². The molecule has 0 aliphatic carbocycles. The van der Waals surface area contributed by atoms with E-state index in [1.807, 2.05) is 26.0 Å². The molecule has 2 amide bonds. The van der Waals surface area contributed by atoms with Crippen LogP contribution in [0.3, 0.4) is 0 Å². The van der Waals surface area contributed by atoms with Gasteiger partial charge in [-0.15, -0.1) is 0 Å². The maximum Gasteiger partial charge on any atom is 0.338 e. The predicted molar refractivity (Wildman–Crippen MR) is 122 cm³/mol. The fourth-order valence-electron chi connectivity index (χ4n) is 3.52. The minimum absolute atomic E-state index is 0.210. The highest BCUT2D eigenvalue weighted by Crippen LogP contribution is 2.30. The first-order chi connectivity index (χ1) is 15.3. The Balaban J connectivity index is 1.45. The molecule has 0 unspecified atom stereocenters. The lowest BCUT2D eigenvalue weighted by Crippen LogP contribution is -2.29. The van der Waals surface area contributed by atoms with Gasteiger partial charge in [0.15, 0.2) is 6.61 Å². The van der Waals surface area contributed by atoms with Crippen molar-refractivity contribution in [2.24, 2.45) is 0 Å². The minimum atomic E-state index is -0.665. The second kappa shape index (κ2) is 8.51. The zero-order chi connectivity index (χ0) is 23.0. The molecule has 0 saturated carbocycles. The predicted octanol–water partition coefficient (Wildman–Crippen LogP) is 4.91. The van der Waals surface area contributed by atoms with Crippen molar-refractivity contribution in [2.45, 2.75) is 13.8 Å². The number of aryl methyl sites for hydroxylation is 2. The Hall–Kier alpha value is -3.58. The average Bonchev–Trinajstić information content (AvgIpc) is 3.03. The standard InChI is InChI=1S/C25H18BrNO5/c1-14-3-4-15(2)20(11-14)22(28)13-32-25(31)16-5-8-18(9-6-16)27-23(29)19-10-7-17(26)12-21(19)24(27)30/h3-12H,13H2,1-2H3. The second-order valence-corrected chi connectivity index (χ2v) is 8.42. The zero-order valence-electron chi connectivity index (χ0n) is 17.3. The number of carbonyl (C=O) groups excluding carboxylic acids is 4. The van der Waals surface area contributed by atoms with Crippen LogP contribution in [0.2, 0.25) is 0 Å². The number of halogens is 1. The van der Waals surface area contributed by atoms with E-state index >= 15 is 0 Å². The fourth-order valence-corrected chi connectivity index (χ4v) is 3.88. The van der Waals surface area contributed by atoms with Crippen molar-refractivity contribution in [3.63, 3.8) is 0 Å². The molecule has 1 heterocycles. The summed E-state index contributed by atoms with van der Waals surface area (Å²) in [5, 5.41) is 0. The van der Waals surface area contributed by atoms with E-state index in [0.717, 1.165) is 16.0 Å². The van der Waals surface area contributed by atoms with Gasteiger partial charge in [-0.05, 0) is 67.9 Å². The van der Waals surface area contributed by atoms with Gasteiger partial charge >= 0.3 is 5.97 Å². The van der Waals surface area contributed by atoms with Gasteiger partial charge in [-0.3, -0.25) is 14.4 Å². The van der Waals surface area contributed by atoms with Crippen LogP contribution in [0.25, 0.3) is 0 Å². The number of hydrogen-bond donors (Lipinski definition) is 0. The SMILES string of the molecule is Cc1ccc(C)c(C(=O)COC(=O)c2ccc(N3C(=O)c4ccc(Br)cc4C3=O)cc2)c1. The summed E-state index contributed by atoms with van der Waals surface area (Å²) in [5.41, 5.74) is 3.47. The van der Waals surface area contributed by atoms with Crippen LogP contribution < -0.4 is 4.90 Å². The topological polar surface area (TPSA) is 80.8 Å². The van der Waals surface area contributed by atoms with Crippen LogP contribution in [-0.4, -0.2) is 30.2 Å². The van der Waals surface area contributed by atoms with E-state index in [1.54, 1.807) is 24.3 Å². The average molecular weight is 492 g/mol. The molecule has 3 aromatic rings. The molecule has 0 N–H and O–H groups in total. The van der Waals surface area contributed by atoms with Gasteiger partial charge in [0.05, 0.1) is 22.4 Å². The highest BCUT2D eigenvalue weighted by atomic mass is 79.9. The molecule has 0 bridgehead atoms. The largest absolute Gasteiger partial charge is 0.454 e. The van der Waals surface area contributed by atoms with Crippen LogP contribution in [0, 0.1) is 13.8 Å². The highest BCUT2D eigenvalue weighted by Gasteiger charge is 2.36. The fraction of sp³-hybridized carbons (Fsp3) is 0.120. The Bertz CT molecular complexity index is 1280. The van der Waals surface area contributed by atoms with Crippen molar-refractivity contribution in [1.29, 1.82) is 0 Å². The van der Waals surface area contributed by atoms with Crippen molar-refractivity contribution in [3.8, 4) is 0 Å². The summed E-state index contributed by atoms with van der Waals surface area (Å²) in [6.07, 6.45) is 0. The molecular formula is C25H18BrNO5. The molecule has 0 aromatic heterocycles. The Labute approximate surface area is 192 Å². The molecule has 4 rings (SSSR count). The van der Waals surface area contributed by atoms with Crippen molar-refractivity contribution < 1.29 is 23.9 Å². The van der Waals surface area contributed by atoms with Gasteiger partial charge in [-0.1, -0.05) is 33.6 Å². The molecule has 6 nitrogen and oxygen atoms in total. The summed E-state index contributed by atoms with van der Waals surface area (Å²) in [6.45, 7) is 3.33. The molecule has 1 aliphatic rings. The summed E-state index contributed by atoms with van der Waals surface area (Å²) in [6, 6.07) is 16.3. The second-order valence-electron chi connectivity index (χ2n) is 7.50. The molecule has 7 heteroatoms. The molecule has 0 spiro atoms. The number of carbonyl (C=O) groups is 4. The van der Waals surface area contributed by atoms with Crippen molar-refractivity contribution in [3.05, 3.63) is 98.5 Å². The summed E-state index contributed by atoms with van der Waals surface area (Å²) >= 11 is 3.30. The number of amides is 2. The van der Waals surface area contributed by atoms with E-state index in [1.165, 1.54) is 24.3 Å². The molecule has 3 aromatic carbocycles.